The maximum Gasteiger partial charge on any atom is 0.0917 e. The van der Waals surface area contributed by atoms with Gasteiger partial charge in [0.15, 0.2) is 0 Å². The largest absolute Gasteiger partial charge is 0.393 e. The van der Waals surface area contributed by atoms with Crippen LogP contribution in [0.1, 0.15) is 19.3 Å². The lowest BCUT2D eigenvalue weighted by molar-refractivity contribution is -0.00556. The molecular formula is C7H12O2. The molecule has 0 radical (unpaired) electrons. The van der Waals surface area contributed by atoms with Crippen LogP contribution in [0, 0.1) is 0 Å². The molecule has 1 unspecified atom stereocenters. The summed E-state index contributed by atoms with van der Waals surface area (Å²) < 4.78 is 0. The third-order valence-corrected chi connectivity index (χ3v) is 1.82. The predicted octanol–water partition coefficient (Wildman–Crippen LogP) is 0.450. The molecule has 0 aliphatic heterocycles. The van der Waals surface area contributed by atoms with Crippen LogP contribution in [-0.4, -0.2) is 22.4 Å². The minimum absolute atomic E-state index is 0.133. The van der Waals surface area contributed by atoms with E-state index in [1.807, 2.05) is 0 Å². The van der Waals surface area contributed by atoms with E-state index >= 15 is 0 Å². The standard InChI is InChI=1S/C7H12O2/c1-6-2-3-7(9,4-6)5-8/h8-9H,1-5H2. The molecule has 1 fully saturated rings. The first-order valence-corrected chi connectivity index (χ1v) is 3.16. The fourth-order valence-corrected chi connectivity index (χ4v) is 1.19. The normalized spacial score (nSPS) is 35.6. The molecule has 0 amide bonds. The number of hydrogen-bond donors (Lipinski definition) is 2. The molecule has 2 N–H and O–H groups in total. The highest BCUT2D eigenvalue weighted by atomic mass is 16.3. The van der Waals surface area contributed by atoms with Crippen LogP contribution in [0.2, 0.25) is 0 Å². The molecule has 2 nitrogen and oxygen atoms in total. The summed E-state index contributed by atoms with van der Waals surface area (Å²) in [6, 6.07) is 0. The highest BCUT2D eigenvalue weighted by molar-refractivity contribution is 5.08. The summed E-state index contributed by atoms with van der Waals surface area (Å²) in [6.07, 6.45) is 2.10. The third kappa shape index (κ3) is 1.32. The van der Waals surface area contributed by atoms with Crippen LogP contribution >= 0.6 is 0 Å². The van der Waals surface area contributed by atoms with Crippen molar-refractivity contribution in [3.63, 3.8) is 0 Å². The Labute approximate surface area is 54.8 Å². The Morgan fingerprint density at radius 3 is 2.56 bits per heavy atom. The monoisotopic (exact) mass is 128 g/mol. The molecule has 0 saturated heterocycles. The summed E-state index contributed by atoms with van der Waals surface area (Å²) in [7, 11) is 0. The van der Waals surface area contributed by atoms with Gasteiger partial charge in [-0.25, -0.2) is 0 Å². The summed E-state index contributed by atoms with van der Waals surface area (Å²) in [5.41, 5.74) is 0.212. The Kier molecular flexibility index (Phi) is 1.60. The fourth-order valence-electron chi connectivity index (χ4n) is 1.19. The molecule has 0 spiro atoms. The van der Waals surface area contributed by atoms with Gasteiger partial charge < -0.3 is 10.2 Å². The first-order valence-electron chi connectivity index (χ1n) is 3.16. The van der Waals surface area contributed by atoms with Crippen molar-refractivity contribution in [2.24, 2.45) is 0 Å². The molecule has 2 heteroatoms. The second-order valence-electron chi connectivity index (χ2n) is 2.81. The Bertz CT molecular complexity index is 131. The maximum atomic E-state index is 9.36. The Hall–Kier alpha value is -0.340. The van der Waals surface area contributed by atoms with E-state index in [1.165, 1.54) is 0 Å². The van der Waals surface area contributed by atoms with Gasteiger partial charge in [-0.1, -0.05) is 12.2 Å². The van der Waals surface area contributed by atoms with E-state index in [0.717, 1.165) is 12.0 Å². The van der Waals surface area contributed by atoms with Crippen molar-refractivity contribution in [3.8, 4) is 0 Å². The van der Waals surface area contributed by atoms with Gasteiger partial charge in [0, 0.05) is 0 Å². The van der Waals surface area contributed by atoms with E-state index in [0.29, 0.717) is 12.8 Å². The molecule has 0 aromatic carbocycles. The lowest BCUT2D eigenvalue weighted by Crippen LogP contribution is -2.28. The molecule has 1 aliphatic rings. The second kappa shape index (κ2) is 2.12. The smallest absolute Gasteiger partial charge is 0.0917 e. The van der Waals surface area contributed by atoms with E-state index < -0.39 is 5.60 Å². The van der Waals surface area contributed by atoms with Gasteiger partial charge in [0.2, 0.25) is 0 Å². The zero-order chi connectivity index (χ0) is 6.91. The van der Waals surface area contributed by atoms with Crippen LogP contribution < -0.4 is 0 Å². The van der Waals surface area contributed by atoms with Crippen LogP contribution in [0.5, 0.6) is 0 Å². The summed E-state index contributed by atoms with van der Waals surface area (Å²) >= 11 is 0. The van der Waals surface area contributed by atoms with Crippen molar-refractivity contribution >= 4 is 0 Å². The van der Waals surface area contributed by atoms with Gasteiger partial charge in [0.05, 0.1) is 12.2 Å². The Morgan fingerprint density at radius 2 is 2.33 bits per heavy atom. The van der Waals surface area contributed by atoms with Crippen molar-refractivity contribution in [1.29, 1.82) is 0 Å². The van der Waals surface area contributed by atoms with Gasteiger partial charge in [-0.15, -0.1) is 0 Å². The molecule has 9 heavy (non-hydrogen) atoms. The number of rotatable bonds is 1. The number of aliphatic hydroxyl groups excluding tert-OH is 1. The average molecular weight is 128 g/mol. The predicted molar refractivity (Wildman–Crippen MR) is 35.0 cm³/mol. The molecular weight excluding hydrogens is 116 g/mol. The van der Waals surface area contributed by atoms with Crippen molar-refractivity contribution in [2.45, 2.75) is 24.9 Å². The van der Waals surface area contributed by atoms with E-state index in [1.54, 1.807) is 0 Å². The van der Waals surface area contributed by atoms with Gasteiger partial charge in [-0.05, 0) is 19.3 Å². The third-order valence-electron chi connectivity index (χ3n) is 1.82. The van der Waals surface area contributed by atoms with Gasteiger partial charge in [0.25, 0.3) is 0 Å². The zero-order valence-electron chi connectivity index (χ0n) is 5.43. The summed E-state index contributed by atoms with van der Waals surface area (Å²) in [5.74, 6) is 0. The minimum atomic E-state index is -0.836. The molecule has 52 valence electrons. The van der Waals surface area contributed by atoms with Crippen LogP contribution in [0.3, 0.4) is 0 Å². The van der Waals surface area contributed by atoms with E-state index in [-0.39, 0.29) is 6.61 Å². The first-order chi connectivity index (χ1) is 4.16. The highest BCUT2D eigenvalue weighted by Gasteiger charge is 2.31. The highest BCUT2D eigenvalue weighted by Crippen LogP contribution is 2.31. The Morgan fingerprint density at radius 1 is 1.67 bits per heavy atom. The molecule has 0 heterocycles. The molecule has 1 atom stereocenters. The average Bonchev–Trinajstić information content (AvgIpc) is 2.13. The lowest BCUT2D eigenvalue weighted by atomic mass is 10.0. The van der Waals surface area contributed by atoms with E-state index in [9.17, 15) is 5.11 Å². The van der Waals surface area contributed by atoms with Crippen LogP contribution in [-0.2, 0) is 0 Å². The van der Waals surface area contributed by atoms with Crippen molar-refractivity contribution in [2.75, 3.05) is 6.61 Å². The molecule has 1 aliphatic carbocycles. The molecule has 0 aromatic rings. The molecule has 1 rings (SSSR count). The van der Waals surface area contributed by atoms with Gasteiger partial charge in [0.1, 0.15) is 0 Å². The molecule has 0 aromatic heterocycles. The summed E-state index contributed by atoms with van der Waals surface area (Å²) in [6.45, 7) is 3.59. The van der Waals surface area contributed by atoms with Crippen LogP contribution in [0.15, 0.2) is 12.2 Å². The summed E-state index contributed by atoms with van der Waals surface area (Å²) in [4.78, 5) is 0. The van der Waals surface area contributed by atoms with Crippen molar-refractivity contribution in [3.05, 3.63) is 12.2 Å². The first kappa shape index (κ1) is 6.78. The van der Waals surface area contributed by atoms with E-state index in [4.69, 9.17) is 5.11 Å². The fraction of sp³-hybridized carbons (Fsp3) is 0.714. The van der Waals surface area contributed by atoms with Crippen LogP contribution in [0.25, 0.3) is 0 Å². The van der Waals surface area contributed by atoms with Crippen LogP contribution in [0.4, 0.5) is 0 Å². The lowest BCUT2D eigenvalue weighted by Gasteiger charge is -2.17. The van der Waals surface area contributed by atoms with Crippen molar-refractivity contribution in [1.82, 2.24) is 0 Å². The van der Waals surface area contributed by atoms with Gasteiger partial charge >= 0.3 is 0 Å². The SMILES string of the molecule is C=C1CCC(O)(CO)C1. The zero-order valence-corrected chi connectivity index (χ0v) is 5.43. The number of aliphatic hydroxyl groups is 2. The molecule has 0 bridgehead atoms. The van der Waals surface area contributed by atoms with Crippen molar-refractivity contribution < 1.29 is 10.2 Å². The summed E-state index contributed by atoms with van der Waals surface area (Å²) in [5, 5.41) is 18.0. The maximum absolute atomic E-state index is 9.36. The van der Waals surface area contributed by atoms with Gasteiger partial charge in [-0.3, -0.25) is 0 Å². The van der Waals surface area contributed by atoms with Gasteiger partial charge in [-0.2, -0.15) is 0 Å². The topological polar surface area (TPSA) is 40.5 Å². The Balaban J connectivity index is 2.54. The van der Waals surface area contributed by atoms with E-state index in [2.05, 4.69) is 6.58 Å². The number of hydrogen-bond acceptors (Lipinski definition) is 2. The second-order valence-corrected chi connectivity index (χ2v) is 2.81. The molecule has 1 saturated carbocycles. The quantitative estimate of drug-likeness (QED) is 0.503. The minimum Gasteiger partial charge on any atom is -0.393 e.